The molecule has 0 spiro atoms. The fourth-order valence-electron chi connectivity index (χ4n) is 0.494. The van der Waals surface area contributed by atoms with E-state index in [0.717, 1.165) is 6.54 Å². The Morgan fingerprint density at radius 1 is 1.55 bits per heavy atom. The van der Waals surface area contributed by atoms with Gasteiger partial charge in [0.2, 0.25) is 0 Å². The summed E-state index contributed by atoms with van der Waals surface area (Å²) >= 11 is 0. The van der Waals surface area contributed by atoms with Gasteiger partial charge in [0.1, 0.15) is 6.61 Å². The number of ether oxygens (including phenoxy) is 1. The summed E-state index contributed by atoms with van der Waals surface area (Å²) in [6, 6.07) is 0. The van der Waals surface area contributed by atoms with Crippen molar-refractivity contribution in [1.29, 1.82) is 0 Å². The summed E-state index contributed by atoms with van der Waals surface area (Å²) in [4.78, 5) is 10.2. The number of carbonyl (C=O) groups is 1. The minimum atomic E-state index is -0.241. The molecule has 0 aromatic heterocycles. The van der Waals surface area contributed by atoms with E-state index in [0.29, 0.717) is 19.7 Å². The first-order valence-corrected chi connectivity index (χ1v) is 3.31. The van der Waals surface area contributed by atoms with Crippen LogP contribution in [0.1, 0.15) is 6.92 Å². The Hall–Kier alpha value is 0.312. The van der Waals surface area contributed by atoms with Crippen LogP contribution in [-0.4, -0.2) is 59.5 Å². The molecule has 0 saturated carbocycles. The Morgan fingerprint density at radius 3 is 2.64 bits per heavy atom. The Balaban J connectivity index is 0. The monoisotopic (exact) mass is 356 g/mol. The van der Waals surface area contributed by atoms with E-state index < -0.39 is 0 Å². The summed E-state index contributed by atoms with van der Waals surface area (Å²) < 4.78 is 4.65. The molecule has 0 aliphatic heterocycles. The molecule has 66 valence electrons. The van der Waals surface area contributed by atoms with Gasteiger partial charge in [-0.05, 0) is 0 Å². The Morgan fingerprint density at radius 2 is 2.18 bits per heavy atom. The number of nitrogens with one attached hydrogen (secondary N) is 1. The summed E-state index contributed by atoms with van der Waals surface area (Å²) in [7, 11) is 0. The first kappa shape index (κ1) is 13.9. The second kappa shape index (κ2) is 10.3. The van der Waals surface area contributed by atoms with Crippen LogP contribution in [0, 0.1) is 0 Å². The molecule has 0 heterocycles. The zero-order chi connectivity index (χ0) is 7.82. The van der Waals surface area contributed by atoms with Gasteiger partial charge in [-0.25, -0.2) is 0 Å². The van der Waals surface area contributed by atoms with E-state index in [2.05, 4.69) is 10.1 Å². The summed E-state index contributed by atoms with van der Waals surface area (Å²) in [6.07, 6.45) is 0. The maximum atomic E-state index is 10.2. The molecule has 0 aromatic carbocycles. The van der Waals surface area contributed by atoms with Gasteiger partial charge < -0.3 is 15.8 Å². The summed E-state index contributed by atoms with van der Waals surface area (Å²) in [6.45, 7) is 3.87. The minimum absolute atomic E-state index is 0. The van der Waals surface area contributed by atoms with E-state index in [4.69, 9.17) is 5.73 Å². The van der Waals surface area contributed by atoms with Gasteiger partial charge in [0.05, 0.1) is 0 Å². The van der Waals surface area contributed by atoms with Crippen molar-refractivity contribution < 1.29 is 9.53 Å². The van der Waals surface area contributed by atoms with Crippen LogP contribution >= 0.6 is 0 Å². The molecule has 0 unspecified atom stereocenters. The van der Waals surface area contributed by atoms with Crippen LogP contribution in [0.5, 0.6) is 0 Å². The van der Waals surface area contributed by atoms with Crippen molar-refractivity contribution in [1.82, 2.24) is 5.32 Å². The number of carbonyl (C=O) groups excluding carboxylic acids is 1. The molecule has 0 rings (SSSR count). The second-order valence-electron chi connectivity index (χ2n) is 1.88. The van der Waals surface area contributed by atoms with Crippen molar-refractivity contribution >= 4 is 33.3 Å². The molecular formula is C6H16N2O2Pb. The van der Waals surface area contributed by atoms with Crippen LogP contribution < -0.4 is 11.1 Å². The van der Waals surface area contributed by atoms with Gasteiger partial charge in [-0.3, -0.25) is 4.79 Å². The van der Waals surface area contributed by atoms with Crippen molar-refractivity contribution in [2.75, 3.05) is 26.2 Å². The molecule has 0 fully saturated rings. The average Bonchev–Trinajstić information content (AvgIpc) is 1.87. The van der Waals surface area contributed by atoms with E-state index >= 15 is 0 Å². The summed E-state index contributed by atoms with van der Waals surface area (Å²) in [5.74, 6) is -0.241. The first-order valence-electron chi connectivity index (χ1n) is 3.31. The van der Waals surface area contributed by atoms with E-state index in [1.807, 2.05) is 0 Å². The van der Waals surface area contributed by atoms with Crippen molar-refractivity contribution in [2.24, 2.45) is 5.73 Å². The van der Waals surface area contributed by atoms with Crippen molar-refractivity contribution in [2.45, 2.75) is 6.92 Å². The van der Waals surface area contributed by atoms with Gasteiger partial charge in [0.25, 0.3) is 0 Å². The third-order valence-corrected chi connectivity index (χ3v) is 0.905. The molecule has 4 nitrogen and oxygen atoms in total. The standard InChI is InChI=1S/C6H14N2O2.Pb.2H/c1-6(9)10-5-4-8-3-2-7;;;/h8H,2-5,7H2,1H3;;;. The molecule has 0 aromatic rings. The number of esters is 1. The van der Waals surface area contributed by atoms with Gasteiger partial charge in [-0.2, -0.15) is 0 Å². The topological polar surface area (TPSA) is 64.3 Å². The first-order chi connectivity index (χ1) is 4.77. The normalized spacial score (nSPS) is 8.55. The van der Waals surface area contributed by atoms with Crippen LogP contribution in [0.15, 0.2) is 0 Å². The molecule has 3 N–H and O–H groups in total. The number of hydrogen-bond donors (Lipinski definition) is 2. The predicted molar refractivity (Wildman–Crippen MR) is 47.1 cm³/mol. The molecule has 0 bridgehead atoms. The van der Waals surface area contributed by atoms with E-state index in [-0.39, 0.29) is 33.3 Å². The molecule has 5 heteroatoms. The SMILES string of the molecule is CC(=O)OCCNCCN.[PbH2]. The molecule has 0 atom stereocenters. The van der Waals surface area contributed by atoms with Crippen molar-refractivity contribution in [3.8, 4) is 0 Å². The molecule has 0 aliphatic carbocycles. The average molecular weight is 355 g/mol. The molecule has 0 amide bonds. The van der Waals surface area contributed by atoms with Crippen LogP contribution in [0.25, 0.3) is 0 Å². The summed E-state index contributed by atoms with van der Waals surface area (Å²) in [5, 5.41) is 2.99. The second-order valence-corrected chi connectivity index (χ2v) is 1.88. The third kappa shape index (κ3) is 13.3. The fraction of sp³-hybridized carbons (Fsp3) is 0.833. The Bertz CT molecular complexity index is 101. The Kier molecular flexibility index (Phi) is 13.0. The van der Waals surface area contributed by atoms with E-state index in [9.17, 15) is 4.79 Å². The van der Waals surface area contributed by atoms with Gasteiger partial charge in [-0.1, -0.05) is 0 Å². The van der Waals surface area contributed by atoms with E-state index in [1.54, 1.807) is 0 Å². The van der Waals surface area contributed by atoms with Gasteiger partial charge in [0.15, 0.2) is 0 Å². The van der Waals surface area contributed by atoms with E-state index in [1.165, 1.54) is 6.92 Å². The molecular weight excluding hydrogens is 339 g/mol. The zero-order valence-electron chi connectivity index (χ0n) is 6.93. The zero-order valence-corrected chi connectivity index (χ0v) is 12.4. The quantitative estimate of drug-likeness (QED) is 0.346. The van der Waals surface area contributed by atoms with Gasteiger partial charge >= 0.3 is 33.3 Å². The van der Waals surface area contributed by atoms with Crippen molar-refractivity contribution in [3.05, 3.63) is 0 Å². The van der Waals surface area contributed by atoms with Gasteiger partial charge in [-0.15, -0.1) is 0 Å². The summed E-state index contributed by atoms with van der Waals surface area (Å²) in [5.41, 5.74) is 5.20. The molecule has 11 heavy (non-hydrogen) atoms. The number of hydrogen-bond acceptors (Lipinski definition) is 4. The van der Waals surface area contributed by atoms with Gasteiger partial charge in [0, 0.05) is 26.6 Å². The van der Waals surface area contributed by atoms with Crippen LogP contribution in [-0.2, 0) is 9.53 Å². The van der Waals surface area contributed by atoms with Crippen LogP contribution in [0.2, 0.25) is 0 Å². The van der Waals surface area contributed by atoms with Crippen LogP contribution in [0.3, 0.4) is 0 Å². The third-order valence-electron chi connectivity index (χ3n) is 0.905. The predicted octanol–water partition coefficient (Wildman–Crippen LogP) is -1.82. The number of rotatable bonds is 5. The number of nitrogens with two attached hydrogens (primary N) is 1. The van der Waals surface area contributed by atoms with Crippen LogP contribution in [0.4, 0.5) is 0 Å². The maximum absolute atomic E-state index is 10.2. The molecule has 0 saturated heterocycles. The van der Waals surface area contributed by atoms with Crippen molar-refractivity contribution in [3.63, 3.8) is 0 Å². The fourth-order valence-corrected chi connectivity index (χ4v) is 0.494. The molecule has 0 aliphatic rings. The molecule has 2 radical (unpaired) electrons. The Labute approximate surface area is 87.0 Å².